The van der Waals surface area contributed by atoms with Gasteiger partial charge in [-0.1, -0.05) is 23.2 Å². The molecule has 1 aromatic heterocycles. The Morgan fingerprint density at radius 2 is 1.94 bits per heavy atom. The van der Waals surface area contributed by atoms with Crippen molar-refractivity contribution >= 4 is 23.2 Å². The number of nitrogens with two attached hydrogens (primary N) is 1. The zero-order valence-electron chi connectivity index (χ0n) is 10.1. The van der Waals surface area contributed by atoms with Crippen molar-refractivity contribution in [3.05, 3.63) is 45.7 Å². The standard InChI is InChI=1S/C13H13Cl2N3/c1-7(16)10-6-17-13(18-8(10)2)9-3-4-11(14)12(15)5-9/h3-7H,16H2,1-2H3/t7-/m0/s1. The van der Waals surface area contributed by atoms with Crippen LogP contribution >= 0.6 is 23.2 Å². The molecule has 94 valence electrons. The normalized spacial score (nSPS) is 12.5. The van der Waals surface area contributed by atoms with E-state index in [9.17, 15) is 0 Å². The lowest BCUT2D eigenvalue weighted by atomic mass is 10.1. The van der Waals surface area contributed by atoms with Crippen LogP contribution in [-0.2, 0) is 0 Å². The van der Waals surface area contributed by atoms with Gasteiger partial charge in [0, 0.05) is 29.1 Å². The number of rotatable bonds is 2. The van der Waals surface area contributed by atoms with Gasteiger partial charge in [0.2, 0.25) is 0 Å². The number of benzene rings is 1. The minimum absolute atomic E-state index is 0.0761. The van der Waals surface area contributed by atoms with Gasteiger partial charge >= 0.3 is 0 Å². The van der Waals surface area contributed by atoms with Gasteiger partial charge in [0.05, 0.1) is 10.0 Å². The second kappa shape index (κ2) is 5.22. The number of aromatic nitrogens is 2. The Bertz CT molecular complexity index is 582. The third-order valence-electron chi connectivity index (χ3n) is 2.69. The molecule has 0 amide bonds. The smallest absolute Gasteiger partial charge is 0.159 e. The zero-order chi connectivity index (χ0) is 13.3. The summed E-state index contributed by atoms with van der Waals surface area (Å²) < 4.78 is 0. The lowest BCUT2D eigenvalue weighted by Gasteiger charge is -2.10. The molecule has 0 bridgehead atoms. The van der Waals surface area contributed by atoms with Crippen LogP contribution in [0.4, 0.5) is 0 Å². The predicted molar refractivity (Wildman–Crippen MR) is 74.8 cm³/mol. The van der Waals surface area contributed by atoms with Crippen molar-refractivity contribution in [3.63, 3.8) is 0 Å². The van der Waals surface area contributed by atoms with Crippen molar-refractivity contribution in [3.8, 4) is 11.4 Å². The maximum absolute atomic E-state index is 5.98. The van der Waals surface area contributed by atoms with E-state index in [1.54, 1.807) is 18.3 Å². The molecule has 0 saturated heterocycles. The fourth-order valence-electron chi connectivity index (χ4n) is 1.70. The minimum Gasteiger partial charge on any atom is -0.324 e. The first-order chi connectivity index (χ1) is 8.49. The van der Waals surface area contributed by atoms with Crippen LogP contribution in [0.3, 0.4) is 0 Å². The maximum Gasteiger partial charge on any atom is 0.159 e. The summed E-state index contributed by atoms with van der Waals surface area (Å²) in [6, 6.07) is 5.25. The van der Waals surface area contributed by atoms with Gasteiger partial charge in [0.25, 0.3) is 0 Å². The first-order valence-corrected chi connectivity index (χ1v) is 6.29. The van der Waals surface area contributed by atoms with Crippen molar-refractivity contribution < 1.29 is 0 Å². The molecule has 0 fully saturated rings. The van der Waals surface area contributed by atoms with E-state index in [1.165, 1.54) is 0 Å². The summed E-state index contributed by atoms with van der Waals surface area (Å²) in [6.45, 7) is 3.83. The molecule has 0 aliphatic heterocycles. The summed E-state index contributed by atoms with van der Waals surface area (Å²) in [5.74, 6) is 0.621. The van der Waals surface area contributed by atoms with E-state index in [0.29, 0.717) is 15.9 Å². The monoisotopic (exact) mass is 281 g/mol. The Balaban J connectivity index is 2.45. The lowest BCUT2D eigenvalue weighted by Crippen LogP contribution is -2.09. The van der Waals surface area contributed by atoms with E-state index < -0.39 is 0 Å². The molecular weight excluding hydrogens is 269 g/mol. The molecule has 0 radical (unpaired) electrons. The molecule has 5 heteroatoms. The molecule has 0 spiro atoms. The molecule has 0 saturated carbocycles. The molecule has 2 N–H and O–H groups in total. The van der Waals surface area contributed by atoms with Crippen molar-refractivity contribution in [2.45, 2.75) is 19.9 Å². The number of aryl methyl sites for hydroxylation is 1. The van der Waals surface area contributed by atoms with Crippen LogP contribution in [0, 0.1) is 6.92 Å². The molecule has 0 aliphatic rings. The average molecular weight is 282 g/mol. The first-order valence-electron chi connectivity index (χ1n) is 5.53. The Morgan fingerprint density at radius 3 is 2.50 bits per heavy atom. The van der Waals surface area contributed by atoms with Crippen molar-refractivity contribution in [2.75, 3.05) is 0 Å². The molecule has 2 aromatic rings. The molecule has 0 unspecified atom stereocenters. The topological polar surface area (TPSA) is 51.8 Å². The maximum atomic E-state index is 5.98. The molecule has 1 heterocycles. The van der Waals surface area contributed by atoms with Gasteiger partial charge in [-0.3, -0.25) is 0 Å². The van der Waals surface area contributed by atoms with E-state index in [4.69, 9.17) is 28.9 Å². The number of hydrogen-bond donors (Lipinski definition) is 1. The highest BCUT2D eigenvalue weighted by Gasteiger charge is 2.09. The highest BCUT2D eigenvalue weighted by molar-refractivity contribution is 6.42. The molecule has 18 heavy (non-hydrogen) atoms. The molecule has 2 rings (SSSR count). The van der Waals surface area contributed by atoms with Gasteiger partial charge in [-0.05, 0) is 32.0 Å². The predicted octanol–water partition coefficient (Wildman–Crippen LogP) is 3.78. The van der Waals surface area contributed by atoms with Crippen LogP contribution in [0.15, 0.2) is 24.4 Å². The molecule has 3 nitrogen and oxygen atoms in total. The van der Waals surface area contributed by atoms with E-state index in [-0.39, 0.29) is 6.04 Å². The Morgan fingerprint density at radius 1 is 1.22 bits per heavy atom. The highest BCUT2D eigenvalue weighted by atomic mass is 35.5. The summed E-state index contributed by atoms with van der Waals surface area (Å²) in [7, 11) is 0. The van der Waals surface area contributed by atoms with Gasteiger partial charge in [0.1, 0.15) is 0 Å². The van der Waals surface area contributed by atoms with Crippen LogP contribution in [0.25, 0.3) is 11.4 Å². The van der Waals surface area contributed by atoms with Crippen LogP contribution in [0.1, 0.15) is 24.2 Å². The number of halogens is 2. The average Bonchev–Trinajstić information content (AvgIpc) is 2.32. The summed E-state index contributed by atoms with van der Waals surface area (Å²) in [5, 5.41) is 1.01. The Labute approximate surface area is 116 Å². The van der Waals surface area contributed by atoms with Crippen LogP contribution < -0.4 is 5.73 Å². The number of nitrogens with zero attached hydrogens (tertiary/aromatic N) is 2. The van der Waals surface area contributed by atoms with Gasteiger partial charge in [-0.2, -0.15) is 0 Å². The quantitative estimate of drug-likeness (QED) is 0.912. The van der Waals surface area contributed by atoms with E-state index in [1.807, 2.05) is 19.9 Å². The van der Waals surface area contributed by atoms with E-state index >= 15 is 0 Å². The van der Waals surface area contributed by atoms with Gasteiger partial charge in [-0.25, -0.2) is 9.97 Å². The largest absolute Gasteiger partial charge is 0.324 e. The molecular formula is C13H13Cl2N3. The molecule has 0 aliphatic carbocycles. The van der Waals surface area contributed by atoms with Gasteiger partial charge in [-0.15, -0.1) is 0 Å². The summed E-state index contributed by atoms with van der Waals surface area (Å²) in [5.41, 5.74) is 8.48. The van der Waals surface area contributed by atoms with E-state index in [2.05, 4.69) is 9.97 Å². The molecule has 1 aromatic carbocycles. The second-order valence-electron chi connectivity index (χ2n) is 4.15. The summed E-state index contributed by atoms with van der Waals surface area (Å²) in [4.78, 5) is 8.75. The third-order valence-corrected chi connectivity index (χ3v) is 3.42. The van der Waals surface area contributed by atoms with Crippen molar-refractivity contribution in [1.82, 2.24) is 9.97 Å². The third kappa shape index (κ3) is 2.64. The SMILES string of the molecule is Cc1nc(-c2ccc(Cl)c(Cl)c2)ncc1[C@H](C)N. The number of hydrogen-bond acceptors (Lipinski definition) is 3. The summed E-state index contributed by atoms with van der Waals surface area (Å²) >= 11 is 11.9. The summed E-state index contributed by atoms with van der Waals surface area (Å²) in [6.07, 6.45) is 1.75. The van der Waals surface area contributed by atoms with Crippen LogP contribution in [0.2, 0.25) is 10.0 Å². The second-order valence-corrected chi connectivity index (χ2v) is 4.97. The molecule has 1 atom stereocenters. The van der Waals surface area contributed by atoms with E-state index in [0.717, 1.165) is 16.8 Å². The van der Waals surface area contributed by atoms with Gasteiger partial charge in [0.15, 0.2) is 5.82 Å². The lowest BCUT2D eigenvalue weighted by molar-refractivity contribution is 0.790. The van der Waals surface area contributed by atoms with Gasteiger partial charge < -0.3 is 5.73 Å². The fourth-order valence-corrected chi connectivity index (χ4v) is 2.00. The van der Waals surface area contributed by atoms with Crippen molar-refractivity contribution in [1.29, 1.82) is 0 Å². The van der Waals surface area contributed by atoms with Crippen LogP contribution in [-0.4, -0.2) is 9.97 Å². The Hall–Kier alpha value is -1.16. The highest BCUT2D eigenvalue weighted by Crippen LogP contribution is 2.27. The van der Waals surface area contributed by atoms with Crippen molar-refractivity contribution in [2.24, 2.45) is 5.73 Å². The minimum atomic E-state index is -0.0761. The fraction of sp³-hybridized carbons (Fsp3) is 0.231. The zero-order valence-corrected chi connectivity index (χ0v) is 11.6. The first kappa shape index (κ1) is 13.3. The Kier molecular flexibility index (Phi) is 3.85. The van der Waals surface area contributed by atoms with Crippen LogP contribution in [0.5, 0.6) is 0 Å².